The van der Waals surface area contributed by atoms with Crippen LogP contribution in [-0.2, 0) is 11.3 Å². The molecular weight excluding hydrogens is 313 g/mol. The molecule has 6 heteroatoms. The normalized spacial score (nSPS) is 11.5. The molecule has 1 amide bonds. The highest BCUT2D eigenvalue weighted by molar-refractivity contribution is 5.80. The van der Waals surface area contributed by atoms with Gasteiger partial charge in [0.2, 0.25) is 0 Å². The van der Waals surface area contributed by atoms with Crippen LogP contribution in [0.3, 0.4) is 0 Å². The highest BCUT2D eigenvalue weighted by Crippen LogP contribution is 2.27. The van der Waals surface area contributed by atoms with Crippen molar-refractivity contribution < 1.29 is 23.4 Å². The van der Waals surface area contributed by atoms with Crippen molar-refractivity contribution in [3.8, 4) is 17.2 Å². The molecule has 2 aromatic carbocycles. The Balaban J connectivity index is 1.92. The largest absolute Gasteiger partial charge is 0.493 e. The number of benzene rings is 2. The molecule has 0 spiro atoms. The van der Waals surface area contributed by atoms with E-state index in [1.54, 1.807) is 39.3 Å². The predicted octanol–water partition coefficient (Wildman–Crippen LogP) is 2.93. The van der Waals surface area contributed by atoms with Crippen LogP contribution in [0.25, 0.3) is 0 Å². The van der Waals surface area contributed by atoms with Crippen LogP contribution >= 0.6 is 0 Å². The summed E-state index contributed by atoms with van der Waals surface area (Å²) in [6.45, 7) is 1.92. The monoisotopic (exact) mass is 333 g/mol. The van der Waals surface area contributed by atoms with Crippen LogP contribution in [0.5, 0.6) is 17.2 Å². The molecule has 128 valence electrons. The van der Waals surface area contributed by atoms with E-state index in [-0.39, 0.29) is 5.91 Å². The zero-order valence-corrected chi connectivity index (χ0v) is 13.8. The standard InChI is InChI=1S/C18H20FNO4/c1-12(24-15-6-4-5-14(19)10-15)18(21)20-11-13-7-8-16(22-2)17(9-13)23-3/h4-10,12H,11H2,1-3H3,(H,20,21). The number of halogens is 1. The first kappa shape index (κ1) is 17.6. The number of nitrogens with one attached hydrogen (secondary N) is 1. The van der Waals surface area contributed by atoms with Crippen molar-refractivity contribution in [2.75, 3.05) is 14.2 Å². The number of amides is 1. The smallest absolute Gasteiger partial charge is 0.261 e. The van der Waals surface area contributed by atoms with Gasteiger partial charge < -0.3 is 19.5 Å². The number of rotatable bonds is 7. The third kappa shape index (κ3) is 4.62. The second-order valence-electron chi connectivity index (χ2n) is 5.12. The molecule has 1 unspecified atom stereocenters. The van der Waals surface area contributed by atoms with Gasteiger partial charge in [-0.15, -0.1) is 0 Å². The van der Waals surface area contributed by atoms with Gasteiger partial charge in [0.1, 0.15) is 11.6 Å². The van der Waals surface area contributed by atoms with Crippen molar-refractivity contribution in [2.45, 2.75) is 19.6 Å². The molecular formula is C18H20FNO4. The third-order valence-corrected chi connectivity index (χ3v) is 3.39. The van der Waals surface area contributed by atoms with Crippen LogP contribution in [0.2, 0.25) is 0 Å². The molecule has 0 radical (unpaired) electrons. The lowest BCUT2D eigenvalue weighted by atomic mass is 10.2. The molecule has 24 heavy (non-hydrogen) atoms. The molecule has 2 aromatic rings. The Morgan fingerprint density at radius 2 is 1.88 bits per heavy atom. The van der Waals surface area contributed by atoms with Crippen LogP contribution in [0.1, 0.15) is 12.5 Å². The summed E-state index contributed by atoms with van der Waals surface area (Å²) >= 11 is 0. The van der Waals surface area contributed by atoms with Gasteiger partial charge in [0, 0.05) is 12.6 Å². The first-order chi connectivity index (χ1) is 11.5. The summed E-state index contributed by atoms with van der Waals surface area (Å²) in [4.78, 5) is 12.1. The maximum absolute atomic E-state index is 13.1. The van der Waals surface area contributed by atoms with Crippen molar-refractivity contribution in [2.24, 2.45) is 0 Å². The van der Waals surface area contributed by atoms with E-state index in [1.165, 1.54) is 18.2 Å². The second-order valence-corrected chi connectivity index (χ2v) is 5.12. The van der Waals surface area contributed by atoms with Crippen molar-refractivity contribution in [3.63, 3.8) is 0 Å². The molecule has 0 bridgehead atoms. The van der Waals surface area contributed by atoms with E-state index in [9.17, 15) is 9.18 Å². The lowest BCUT2D eigenvalue weighted by Crippen LogP contribution is -2.35. The predicted molar refractivity (Wildman–Crippen MR) is 87.9 cm³/mol. The summed E-state index contributed by atoms with van der Waals surface area (Å²) < 4.78 is 28.9. The zero-order chi connectivity index (χ0) is 17.5. The summed E-state index contributed by atoms with van der Waals surface area (Å²) in [6, 6.07) is 11.1. The van der Waals surface area contributed by atoms with Gasteiger partial charge in [-0.2, -0.15) is 0 Å². The van der Waals surface area contributed by atoms with Crippen LogP contribution in [0, 0.1) is 5.82 Å². The van der Waals surface area contributed by atoms with E-state index in [4.69, 9.17) is 14.2 Å². The number of carbonyl (C=O) groups is 1. The van der Waals surface area contributed by atoms with Gasteiger partial charge in [-0.05, 0) is 36.8 Å². The summed E-state index contributed by atoms with van der Waals surface area (Å²) in [6.07, 6.45) is -0.744. The van der Waals surface area contributed by atoms with Gasteiger partial charge in [-0.1, -0.05) is 12.1 Å². The minimum Gasteiger partial charge on any atom is -0.493 e. The van der Waals surface area contributed by atoms with Gasteiger partial charge in [-0.25, -0.2) is 4.39 Å². The van der Waals surface area contributed by atoms with Crippen LogP contribution < -0.4 is 19.5 Å². The Bertz CT molecular complexity index is 705. The molecule has 0 saturated carbocycles. The van der Waals surface area contributed by atoms with E-state index in [1.807, 2.05) is 6.07 Å². The number of methoxy groups -OCH3 is 2. The third-order valence-electron chi connectivity index (χ3n) is 3.39. The molecule has 0 heterocycles. The van der Waals surface area contributed by atoms with E-state index >= 15 is 0 Å². The number of hydrogen-bond donors (Lipinski definition) is 1. The summed E-state index contributed by atoms with van der Waals surface area (Å²) in [5, 5.41) is 2.77. The molecule has 1 atom stereocenters. The van der Waals surface area contributed by atoms with Crippen LogP contribution in [0.15, 0.2) is 42.5 Å². The minimum absolute atomic E-state index is 0.297. The first-order valence-electron chi connectivity index (χ1n) is 7.44. The first-order valence-corrected chi connectivity index (χ1v) is 7.44. The van der Waals surface area contributed by atoms with Gasteiger partial charge >= 0.3 is 0 Å². The zero-order valence-electron chi connectivity index (χ0n) is 13.8. The lowest BCUT2D eigenvalue weighted by molar-refractivity contribution is -0.127. The Kier molecular flexibility index (Phi) is 6.01. The van der Waals surface area contributed by atoms with Crippen LogP contribution in [-0.4, -0.2) is 26.2 Å². The Labute approximate surface area is 140 Å². The maximum Gasteiger partial charge on any atom is 0.261 e. The number of hydrogen-bond acceptors (Lipinski definition) is 4. The SMILES string of the molecule is COc1ccc(CNC(=O)C(C)Oc2cccc(F)c2)cc1OC. The quantitative estimate of drug-likeness (QED) is 0.846. The molecule has 2 rings (SSSR count). The fraction of sp³-hybridized carbons (Fsp3) is 0.278. The van der Waals surface area contributed by atoms with E-state index in [0.717, 1.165) is 5.56 Å². The average Bonchev–Trinajstić information content (AvgIpc) is 2.59. The Morgan fingerprint density at radius 1 is 1.12 bits per heavy atom. The Hall–Kier alpha value is -2.76. The molecule has 0 aliphatic carbocycles. The molecule has 0 aliphatic rings. The minimum atomic E-state index is -0.744. The van der Waals surface area contributed by atoms with Crippen molar-refractivity contribution in [1.82, 2.24) is 5.32 Å². The Morgan fingerprint density at radius 3 is 2.54 bits per heavy atom. The fourth-order valence-electron chi connectivity index (χ4n) is 2.12. The fourth-order valence-corrected chi connectivity index (χ4v) is 2.12. The van der Waals surface area contributed by atoms with Crippen molar-refractivity contribution in [3.05, 3.63) is 53.8 Å². The molecule has 0 aliphatic heterocycles. The van der Waals surface area contributed by atoms with E-state index in [2.05, 4.69) is 5.32 Å². The summed E-state index contributed by atoms with van der Waals surface area (Å²) in [5.74, 6) is 0.812. The summed E-state index contributed by atoms with van der Waals surface area (Å²) in [5.41, 5.74) is 0.860. The van der Waals surface area contributed by atoms with Crippen LogP contribution in [0.4, 0.5) is 4.39 Å². The number of ether oxygens (including phenoxy) is 3. The molecule has 0 aromatic heterocycles. The average molecular weight is 333 g/mol. The summed E-state index contributed by atoms with van der Waals surface area (Å²) in [7, 11) is 3.11. The second kappa shape index (κ2) is 8.19. The van der Waals surface area contributed by atoms with Gasteiger partial charge in [0.25, 0.3) is 5.91 Å². The lowest BCUT2D eigenvalue weighted by Gasteiger charge is -2.15. The van der Waals surface area contributed by atoms with E-state index < -0.39 is 11.9 Å². The van der Waals surface area contributed by atoms with Crippen molar-refractivity contribution in [1.29, 1.82) is 0 Å². The molecule has 1 N–H and O–H groups in total. The topological polar surface area (TPSA) is 56.8 Å². The molecule has 0 fully saturated rings. The molecule has 5 nitrogen and oxygen atoms in total. The van der Waals surface area contributed by atoms with Gasteiger partial charge in [0.15, 0.2) is 17.6 Å². The van der Waals surface area contributed by atoms with Gasteiger partial charge in [0.05, 0.1) is 14.2 Å². The highest BCUT2D eigenvalue weighted by atomic mass is 19.1. The van der Waals surface area contributed by atoms with E-state index in [0.29, 0.717) is 23.8 Å². The maximum atomic E-state index is 13.1. The molecule has 0 saturated heterocycles. The number of carbonyl (C=O) groups excluding carboxylic acids is 1. The van der Waals surface area contributed by atoms with Crippen molar-refractivity contribution >= 4 is 5.91 Å². The highest BCUT2D eigenvalue weighted by Gasteiger charge is 2.15. The van der Waals surface area contributed by atoms with Gasteiger partial charge in [-0.3, -0.25) is 4.79 Å².